The van der Waals surface area contributed by atoms with E-state index in [1.54, 1.807) is 12.2 Å². The predicted molar refractivity (Wildman–Crippen MR) is 48.3 cm³/mol. The van der Waals surface area contributed by atoms with Crippen LogP contribution in [0.1, 0.15) is 12.8 Å². The van der Waals surface area contributed by atoms with Gasteiger partial charge in [-0.2, -0.15) is 13.2 Å². The maximum atomic E-state index is 11.8. The molecular formula is C10H11F3O2. The monoisotopic (exact) mass is 220 g/mol. The fourth-order valence-electron chi connectivity index (χ4n) is 1.15. The molecule has 0 saturated carbocycles. The minimum atomic E-state index is -4.11. The number of hydrogen-bond acceptors (Lipinski definition) is 2. The summed E-state index contributed by atoms with van der Waals surface area (Å²) in [6, 6.07) is 0. The van der Waals surface area contributed by atoms with E-state index in [4.69, 9.17) is 4.74 Å². The Labute approximate surface area is 85.4 Å². The summed E-state index contributed by atoms with van der Waals surface area (Å²) in [6.45, 7) is 0. The highest BCUT2D eigenvalue weighted by Gasteiger charge is 2.39. The molecule has 0 amide bonds. The van der Waals surface area contributed by atoms with Crippen LogP contribution in [0.4, 0.5) is 13.2 Å². The van der Waals surface area contributed by atoms with Crippen molar-refractivity contribution in [3.05, 3.63) is 24.3 Å². The molecule has 1 fully saturated rings. The lowest BCUT2D eigenvalue weighted by Crippen LogP contribution is -2.08. The lowest BCUT2D eigenvalue weighted by Gasteiger charge is -2.02. The average Bonchev–Trinajstić information content (AvgIpc) is 2.87. The summed E-state index contributed by atoms with van der Waals surface area (Å²) in [5.74, 6) is 0. The van der Waals surface area contributed by atoms with Crippen molar-refractivity contribution in [1.82, 2.24) is 0 Å². The number of carbonyl (C=O) groups is 1. The number of carbonyl (C=O) groups excluding carboxylic acids is 1. The molecule has 0 spiro atoms. The number of allylic oxidation sites excluding steroid dienone is 3. The average molecular weight is 220 g/mol. The van der Waals surface area contributed by atoms with Crippen molar-refractivity contribution in [3.63, 3.8) is 0 Å². The summed E-state index contributed by atoms with van der Waals surface area (Å²) in [5.41, 5.74) is 0. The Morgan fingerprint density at radius 2 is 1.93 bits per heavy atom. The van der Waals surface area contributed by atoms with Gasteiger partial charge in [0.25, 0.3) is 0 Å². The third-order valence-electron chi connectivity index (χ3n) is 1.94. The van der Waals surface area contributed by atoms with E-state index in [9.17, 15) is 18.0 Å². The smallest absolute Gasteiger partial charge is 0.365 e. The Balaban J connectivity index is 2.15. The Hall–Kier alpha value is -1.10. The SMILES string of the molecule is O=C/C=C/C=C\C1OC1CCC(F)(F)F. The quantitative estimate of drug-likeness (QED) is 0.308. The Morgan fingerprint density at radius 1 is 1.20 bits per heavy atom. The number of alkyl halides is 3. The number of rotatable bonds is 5. The first-order chi connectivity index (χ1) is 7.03. The molecule has 2 atom stereocenters. The lowest BCUT2D eigenvalue weighted by molar-refractivity contribution is -0.136. The standard InChI is InChI=1S/C10H11F3O2/c11-10(12,13)6-5-9-8(15-9)4-2-1-3-7-14/h1-4,7-9H,5-6H2/b3-1+,4-2-. The first-order valence-corrected chi connectivity index (χ1v) is 4.54. The van der Waals surface area contributed by atoms with Crippen LogP contribution < -0.4 is 0 Å². The third kappa shape index (κ3) is 5.37. The summed E-state index contributed by atoms with van der Waals surface area (Å²) in [7, 11) is 0. The van der Waals surface area contributed by atoms with Crippen LogP contribution in [0.25, 0.3) is 0 Å². The van der Waals surface area contributed by atoms with E-state index in [0.717, 1.165) is 0 Å². The van der Waals surface area contributed by atoms with E-state index >= 15 is 0 Å². The third-order valence-corrected chi connectivity index (χ3v) is 1.94. The van der Waals surface area contributed by atoms with Gasteiger partial charge in [-0.15, -0.1) is 0 Å². The zero-order valence-corrected chi connectivity index (χ0v) is 7.91. The molecule has 5 heteroatoms. The summed E-state index contributed by atoms with van der Waals surface area (Å²) in [5, 5.41) is 0. The summed E-state index contributed by atoms with van der Waals surface area (Å²) in [6.07, 6.45) is 1.17. The molecule has 0 aromatic heterocycles. The molecule has 0 radical (unpaired) electrons. The molecule has 0 aliphatic carbocycles. The maximum absolute atomic E-state index is 11.8. The minimum absolute atomic E-state index is 0.00407. The molecular weight excluding hydrogens is 209 g/mol. The molecule has 15 heavy (non-hydrogen) atoms. The van der Waals surface area contributed by atoms with Gasteiger partial charge in [0, 0.05) is 6.42 Å². The Bertz CT molecular complexity index is 268. The van der Waals surface area contributed by atoms with Gasteiger partial charge in [0.2, 0.25) is 0 Å². The molecule has 2 nitrogen and oxygen atoms in total. The molecule has 1 saturated heterocycles. The van der Waals surface area contributed by atoms with Crippen LogP contribution in [0.15, 0.2) is 24.3 Å². The summed E-state index contributed by atoms with van der Waals surface area (Å²) < 4.78 is 40.4. The van der Waals surface area contributed by atoms with Gasteiger partial charge in [0.15, 0.2) is 0 Å². The molecule has 2 unspecified atom stereocenters. The second-order valence-electron chi connectivity index (χ2n) is 3.20. The largest absolute Gasteiger partial charge is 0.389 e. The van der Waals surface area contributed by atoms with E-state index in [2.05, 4.69) is 0 Å². The second kappa shape index (κ2) is 5.11. The van der Waals surface area contributed by atoms with Crippen molar-refractivity contribution in [2.24, 2.45) is 0 Å². The van der Waals surface area contributed by atoms with Crippen molar-refractivity contribution in [2.45, 2.75) is 31.2 Å². The van der Waals surface area contributed by atoms with Crippen LogP contribution in [0.3, 0.4) is 0 Å². The number of aldehydes is 1. The van der Waals surface area contributed by atoms with Gasteiger partial charge in [-0.05, 0) is 12.5 Å². The summed E-state index contributed by atoms with van der Waals surface area (Å²) in [4.78, 5) is 9.87. The van der Waals surface area contributed by atoms with E-state index in [-0.39, 0.29) is 18.6 Å². The first-order valence-electron chi connectivity index (χ1n) is 4.54. The molecule has 0 aromatic rings. The van der Waals surface area contributed by atoms with Gasteiger partial charge >= 0.3 is 6.18 Å². The molecule has 1 aliphatic heterocycles. The van der Waals surface area contributed by atoms with Crippen LogP contribution in [0.2, 0.25) is 0 Å². The van der Waals surface area contributed by atoms with Gasteiger partial charge < -0.3 is 4.74 Å². The van der Waals surface area contributed by atoms with Crippen LogP contribution in [-0.4, -0.2) is 24.7 Å². The molecule has 1 heterocycles. The highest BCUT2D eigenvalue weighted by molar-refractivity contribution is 5.65. The van der Waals surface area contributed by atoms with E-state index in [1.165, 1.54) is 12.2 Å². The Morgan fingerprint density at radius 3 is 2.53 bits per heavy atom. The fraction of sp³-hybridized carbons (Fsp3) is 0.500. The molecule has 1 aliphatic rings. The van der Waals surface area contributed by atoms with E-state index < -0.39 is 12.6 Å². The molecule has 1 rings (SSSR count). The van der Waals surface area contributed by atoms with Crippen molar-refractivity contribution in [3.8, 4) is 0 Å². The summed E-state index contributed by atoms with van der Waals surface area (Å²) >= 11 is 0. The van der Waals surface area contributed by atoms with Crippen molar-refractivity contribution < 1.29 is 22.7 Å². The second-order valence-corrected chi connectivity index (χ2v) is 3.20. The van der Waals surface area contributed by atoms with Crippen molar-refractivity contribution in [1.29, 1.82) is 0 Å². The van der Waals surface area contributed by atoms with Crippen molar-refractivity contribution >= 4 is 6.29 Å². The van der Waals surface area contributed by atoms with Crippen LogP contribution in [-0.2, 0) is 9.53 Å². The topological polar surface area (TPSA) is 29.6 Å². The van der Waals surface area contributed by atoms with E-state index in [0.29, 0.717) is 6.29 Å². The van der Waals surface area contributed by atoms with Crippen LogP contribution in [0.5, 0.6) is 0 Å². The Kier molecular flexibility index (Phi) is 4.08. The van der Waals surface area contributed by atoms with Gasteiger partial charge in [-0.1, -0.05) is 18.2 Å². The zero-order valence-electron chi connectivity index (χ0n) is 7.91. The molecule has 0 N–H and O–H groups in total. The highest BCUT2D eigenvalue weighted by Crippen LogP contribution is 2.32. The van der Waals surface area contributed by atoms with Gasteiger partial charge in [-0.3, -0.25) is 4.79 Å². The predicted octanol–water partition coefficient (Wildman–Crippen LogP) is 2.41. The lowest BCUT2D eigenvalue weighted by atomic mass is 10.2. The van der Waals surface area contributed by atoms with Crippen LogP contribution >= 0.6 is 0 Å². The normalized spacial score (nSPS) is 26.3. The minimum Gasteiger partial charge on any atom is -0.365 e. The van der Waals surface area contributed by atoms with Crippen molar-refractivity contribution in [2.75, 3.05) is 0 Å². The number of hydrogen-bond donors (Lipinski definition) is 0. The number of epoxide rings is 1. The van der Waals surface area contributed by atoms with Gasteiger partial charge in [-0.25, -0.2) is 0 Å². The van der Waals surface area contributed by atoms with Gasteiger partial charge in [0.05, 0.1) is 6.10 Å². The fourth-order valence-corrected chi connectivity index (χ4v) is 1.15. The van der Waals surface area contributed by atoms with E-state index in [1.807, 2.05) is 0 Å². The van der Waals surface area contributed by atoms with Crippen LogP contribution in [0, 0.1) is 0 Å². The number of halogens is 3. The highest BCUT2D eigenvalue weighted by atomic mass is 19.4. The molecule has 0 bridgehead atoms. The molecule has 84 valence electrons. The first kappa shape index (κ1) is 12.0. The number of ether oxygens (including phenoxy) is 1. The van der Waals surface area contributed by atoms with Gasteiger partial charge in [0.1, 0.15) is 12.4 Å². The zero-order chi connectivity index (χ0) is 11.3. The molecule has 0 aromatic carbocycles. The maximum Gasteiger partial charge on any atom is 0.389 e.